The van der Waals surface area contributed by atoms with Crippen molar-refractivity contribution in [1.29, 1.82) is 0 Å². The van der Waals surface area contributed by atoms with E-state index >= 15 is 0 Å². The van der Waals surface area contributed by atoms with E-state index in [4.69, 9.17) is 0 Å². The summed E-state index contributed by atoms with van der Waals surface area (Å²) in [5.41, 5.74) is 0.0635. The number of aromatic nitrogens is 2. The van der Waals surface area contributed by atoms with Crippen molar-refractivity contribution < 1.29 is 9.72 Å². The van der Waals surface area contributed by atoms with Crippen LogP contribution in [0.3, 0.4) is 0 Å². The largest absolute Gasteiger partial charge is 0.358 e. The molecule has 1 aromatic heterocycles. The van der Waals surface area contributed by atoms with E-state index < -0.39 is 4.92 Å². The smallest absolute Gasteiger partial charge is 0.343 e. The van der Waals surface area contributed by atoms with Gasteiger partial charge < -0.3 is 15.4 Å². The van der Waals surface area contributed by atoms with Crippen molar-refractivity contribution in [2.24, 2.45) is 0 Å². The molecular weight excluding hydrogens is 200 g/mol. The Morgan fingerprint density at radius 3 is 2.87 bits per heavy atom. The second kappa shape index (κ2) is 3.68. The van der Waals surface area contributed by atoms with Crippen LogP contribution in [-0.2, 0) is 0 Å². The lowest BCUT2D eigenvalue weighted by molar-refractivity contribution is -0.389. The van der Waals surface area contributed by atoms with Gasteiger partial charge in [-0.2, -0.15) is 0 Å². The summed E-state index contributed by atoms with van der Waals surface area (Å²) in [5.74, 6) is -0.627. The minimum absolute atomic E-state index is 0.0635. The highest BCUT2D eigenvalue weighted by Gasteiger charge is 2.23. The van der Waals surface area contributed by atoms with Gasteiger partial charge in [0.2, 0.25) is 0 Å². The molecular formula is C8H10N4O3. The molecule has 1 heterocycles. The number of carbonyl (C=O) groups is 1. The van der Waals surface area contributed by atoms with Gasteiger partial charge in [-0.25, -0.2) is 0 Å². The molecule has 0 saturated heterocycles. The van der Waals surface area contributed by atoms with Gasteiger partial charge in [-0.15, -0.1) is 5.10 Å². The first kappa shape index (κ1) is 9.63. The third kappa shape index (κ3) is 1.95. The molecule has 1 saturated carbocycles. The van der Waals surface area contributed by atoms with Crippen LogP contribution in [0.25, 0.3) is 0 Å². The summed E-state index contributed by atoms with van der Waals surface area (Å²) in [4.78, 5) is 21.2. The average molecular weight is 210 g/mol. The summed E-state index contributed by atoms with van der Waals surface area (Å²) >= 11 is 0. The number of hydrogen-bond acceptors (Lipinski definition) is 4. The molecule has 1 aromatic rings. The maximum Gasteiger partial charge on any atom is 0.343 e. The molecule has 15 heavy (non-hydrogen) atoms. The van der Waals surface area contributed by atoms with E-state index in [1.54, 1.807) is 0 Å². The fraction of sp³-hybridized carbons (Fsp3) is 0.500. The van der Waals surface area contributed by atoms with Crippen LogP contribution in [0.1, 0.15) is 29.8 Å². The first-order chi connectivity index (χ1) is 7.16. The number of aromatic amines is 1. The summed E-state index contributed by atoms with van der Waals surface area (Å²) < 4.78 is 0. The number of carbonyl (C=O) groups excluding carboxylic acids is 1. The molecule has 0 atom stereocenters. The van der Waals surface area contributed by atoms with Crippen LogP contribution in [0.4, 0.5) is 5.82 Å². The normalized spacial score (nSPS) is 15.7. The van der Waals surface area contributed by atoms with Crippen LogP contribution in [0.5, 0.6) is 0 Å². The van der Waals surface area contributed by atoms with Crippen molar-refractivity contribution in [2.45, 2.75) is 25.3 Å². The Bertz CT molecular complexity index is 396. The Morgan fingerprint density at radius 1 is 1.67 bits per heavy atom. The van der Waals surface area contributed by atoms with E-state index in [-0.39, 0.29) is 23.5 Å². The zero-order chi connectivity index (χ0) is 10.8. The van der Waals surface area contributed by atoms with E-state index in [1.165, 1.54) is 0 Å². The third-order valence-corrected chi connectivity index (χ3v) is 2.43. The maximum atomic E-state index is 11.5. The predicted molar refractivity (Wildman–Crippen MR) is 50.3 cm³/mol. The molecule has 7 heteroatoms. The van der Waals surface area contributed by atoms with Gasteiger partial charge in [-0.3, -0.25) is 4.79 Å². The molecule has 2 N–H and O–H groups in total. The first-order valence-electron chi connectivity index (χ1n) is 4.67. The van der Waals surface area contributed by atoms with Gasteiger partial charge in [0.25, 0.3) is 5.91 Å². The lowest BCUT2D eigenvalue weighted by Gasteiger charge is -2.25. The number of nitrogens with one attached hydrogen (secondary N) is 2. The minimum Gasteiger partial charge on any atom is -0.358 e. The Labute approximate surface area is 85.0 Å². The van der Waals surface area contributed by atoms with E-state index in [2.05, 4.69) is 15.5 Å². The van der Waals surface area contributed by atoms with E-state index in [9.17, 15) is 14.9 Å². The number of amides is 1. The van der Waals surface area contributed by atoms with Crippen LogP contribution < -0.4 is 5.32 Å². The predicted octanol–water partition coefficient (Wildman–Crippen LogP) is 0.600. The van der Waals surface area contributed by atoms with Gasteiger partial charge >= 0.3 is 5.82 Å². The van der Waals surface area contributed by atoms with E-state index in [0.717, 1.165) is 25.3 Å². The molecule has 0 radical (unpaired) electrons. The number of hydrogen-bond donors (Lipinski definition) is 2. The minimum atomic E-state index is -0.618. The Hall–Kier alpha value is -1.92. The fourth-order valence-corrected chi connectivity index (χ4v) is 1.33. The van der Waals surface area contributed by atoms with Crippen LogP contribution in [0.2, 0.25) is 0 Å². The Balaban J connectivity index is 2.01. The summed E-state index contributed by atoms with van der Waals surface area (Å²) in [7, 11) is 0. The SMILES string of the molecule is O=C(NC1CCC1)c1cc([N+](=O)[O-])[nH]n1. The Kier molecular flexibility index (Phi) is 2.36. The van der Waals surface area contributed by atoms with E-state index in [0.29, 0.717) is 0 Å². The van der Waals surface area contributed by atoms with Gasteiger partial charge in [0.15, 0.2) is 5.69 Å². The van der Waals surface area contributed by atoms with Gasteiger partial charge in [0, 0.05) is 6.04 Å². The molecule has 0 spiro atoms. The van der Waals surface area contributed by atoms with Crippen LogP contribution >= 0.6 is 0 Å². The van der Waals surface area contributed by atoms with Crippen molar-refractivity contribution >= 4 is 11.7 Å². The summed E-state index contributed by atoms with van der Waals surface area (Å²) in [5, 5.41) is 18.8. The average Bonchev–Trinajstić information content (AvgIpc) is 2.59. The van der Waals surface area contributed by atoms with Crippen molar-refractivity contribution in [3.8, 4) is 0 Å². The number of nitro groups is 1. The highest BCUT2D eigenvalue weighted by Crippen LogP contribution is 2.18. The number of H-pyrrole nitrogens is 1. The van der Waals surface area contributed by atoms with Crippen molar-refractivity contribution in [2.75, 3.05) is 0 Å². The highest BCUT2D eigenvalue weighted by molar-refractivity contribution is 5.92. The monoisotopic (exact) mass is 210 g/mol. The lowest BCUT2D eigenvalue weighted by Crippen LogP contribution is -2.39. The zero-order valence-electron chi connectivity index (χ0n) is 7.90. The quantitative estimate of drug-likeness (QED) is 0.563. The second-order valence-electron chi connectivity index (χ2n) is 3.50. The standard InChI is InChI=1S/C8H10N4O3/c13-8(9-5-2-1-3-5)6-4-7(11-10-6)12(14)15/h4-5H,1-3H2,(H,9,13)(H,10,11). The molecule has 1 fully saturated rings. The second-order valence-corrected chi connectivity index (χ2v) is 3.50. The van der Waals surface area contributed by atoms with Gasteiger partial charge in [-0.05, 0) is 24.2 Å². The summed E-state index contributed by atoms with van der Waals surface area (Å²) in [6.07, 6.45) is 3.06. The van der Waals surface area contributed by atoms with Crippen LogP contribution in [-0.4, -0.2) is 27.1 Å². The fourth-order valence-electron chi connectivity index (χ4n) is 1.33. The molecule has 1 aliphatic carbocycles. The van der Waals surface area contributed by atoms with E-state index in [1.807, 2.05) is 0 Å². The molecule has 1 aliphatic rings. The van der Waals surface area contributed by atoms with Crippen molar-refractivity contribution in [1.82, 2.24) is 15.5 Å². The molecule has 0 aliphatic heterocycles. The van der Waals surface area contributed by atoms with Gasteiger partial charge in [0.05, 0.1) is 6.07 Å². The molecule has 80 valence electrons. The molecule has 1 amide bonds. The van der Waals surface area contributed by atoms with Crippen molar-refractivity contribution in [3.63, 3.8) is 0 Å². The number of rotatable bonds is 3. The van der Waals surface area contributed by atoms with Gasteiger partial charge in [0.1, 0.15) is 0 Å². The highest BCUT2D eigenvalue weighted by atomic mass is 16.6. The van der Waals surface area contributed by atoms with Crippen LogP contribution in [0, 0.1) is 10.1 Å². The molecule has 0 bridgehead atoms. The summed E-state index contributed by atoms with van der Waals surface area (Å²) in [6, 6.07) is 1.34. The summed E-state index contributed by atoms with van der Waals surface area (Å²) in [6.45, 7) is 0. The first-order valence-corrected chi connectivity index (χ1v) is 4.67. The number of nitrogens with zero attached hydrogens (tertiary/aromatic N) is 2. The molecule has 0 unspecified atom stereocenters. The van der Waals surface area contributed by atoms with Crippen LogP contribution in [0.15, 0.2) is 6.07 Å². The Morgan fingerprint density at radius 2 is 2.40 bits per heavy atom. The van der Waals surface area contributed by atoms with Crippen molar-refractivity contribution in [3.05, 3.63) is 21.9 Å². The van der Waals surface area contributed by atoms with Gasteiger partial charge in [-0.1, -0.05) is 5.10 Å². The zero-order valence-corrected chi connectivity index (χ0v) is 7.90. The topological polar surface area (TPSA) is 101 Å². The maximum absolute atomic E-state index is 11.5. The lowest BCUT2D eigenvalue weighted by atomic mass is 9.93. The molecule has 7 nitrogen and oxygen atoms in total. The molecule has 0 aromatic carbocycles. The third-order valence-electron chi connectivity index (χ3n) is 2.43. The molecule has 2 rings (SSSR count).